The van der Waals surface area contributed by atoms with Crippen LogP contribution in [0.15, 0.2) is 66.0 Å². The van der Waals surface area contributed by atoms with Crippen LogP contribution in [-0.2, 0) is 17.6 Å². The van der Waals surface area contributed by atoms with E-state index in [0.29, 0.717) is 12.1 Å². The Kier molecular flexibility index (Phi) is 8.30. The SMILES string of the molecule is CCCCCc1ccc(C(=O)N(CC(=O)N2CCc3sccc3C2c2ccccc2)C(C)(C)C)cc1. The Bertz CT molecular complexity index is 1160. The third kappa shape index (κ3) is 5.89. The van der Waals surface area contributed by atoms with Crippen molar-refractivity contribution < 1.29 is 9.59 Å². The van der Waals surface area contributed by atoms with Crippen LogP contribution in [0.4, 0.5) is 0 Å². The molecule has 4 rings (SSSR count). The van der Waals surface area contributed by atoms with Gasteiger partial charge in [0.15, 0.2) is 0 Å². The molecule has 1 unspecified atom stereocenters. The summed E-state index contributed by atoms with van der Waals surface area (Å²) in [6, 6.07) is 20.2. The molecule has 0 aliphatic carbocycles. The van der Waals surface area contributed by atoms with Crippen molar-refractivity contribution in [3.05, 3.63) is 93.2 Å². The number of aryl methyl sites for hydroxylation is 1. The second-order valence-electron chi connectivity index (χ2n) is 10.7. The number of rotatable bonds is 8. The predicted octanol–water partition coefficient (Wildman–Crippen LogP) is 6.90. The zero-order valence-electron chi connectivity index (χ0n) is 22.0. The first-order chi connectivity index (χ1) is 17.3. The van der Waals surface area contributed by atoms with Gasteiger partial charge in [-0.25, -0.2) is 0 Å². The van der Waals surface area contributed by atoms with E-state index < -0.39 is 5.54 Å². The van der Waals surface area contributed by atoms with Crippen molar-refractivity contribution in [1.82, 2.24) is 9.80 Å². The van der Waals surface area contributed by atoms with E-state index in [1.54, 1.807) is 16.2 Å². The molecule has 36 heavy (non-hydrogen) atoms. The van der Waals surface area contributed by atoms with Gasteiger partial charge in [0, 0.05) is 22.5 Å². The van der Waals surface area contributed by atoms with Crippen molar-refractivity contribution in [3.63, 3.8) is 0 Å². The fraction of sp³-hybridized carbons (Fsp3) is 0.419. The second-order valence-corrected chi connectivity index (χ2v) is 11.7. The predicted molar refractivity (Wildman–Crippen MR) is 148 cm³/mol. The van der Waals surface area contributed by atoms with E-state index in [1.807, 2.05) is 56.0 Å². The number of carbonyl (C=O) groups excluding carboxylic acids is 2. The quantitative estimate of drug-likeness (QED) is 0.315. The van der Waals surface area contributed by atoms with E-state index in [4.69, 9.17) is 0 Å². The molecule has 0 saturated heterocycles. The lowest BCUT2D eigenvalue weighted by molar-refractivity contribution is -0.135. The summed E-state index contributed by atoms with van der Waals surface area (Å²) in [4.78, 5) is 32.5. The first-order valence-electron chi connectivity index (χ1n) is 13.1. The van der Waals surface area contributed by atoms with Gasteiger partial charge in [0.05, 0.1) is 6.04 Å². The molecule has 190 valence electrons. The average Bonchev–Trinajstić information content (AvgIpc) is 3.35. The maximum Gasteiger partial charge on any atom is 0.254 e. The zero-order valence-corrected chi connectivity index (χ0v) is 22.8. The number of hydrogen-bond donors (Lipinski definition) is 0. The van der Waals surface area contributed by atoms with Crippen LogP contribution in [0.25, 0.3) is 0 Å². The van der Waals surface area contributed by atoms with Gasteiger partial charge in [0.25, 0.3) is 5.91 Å². The van der Waals surface area contributed by atoms with E-state index in [0.717, 1.165) is 24.8 Å². The highest BCUT2D eigenvalue weighted by Crippen LogP contribution is 2.38. The number of thiophene rings is 1. The summed E-state index contributed by atoms with van der Waals surface area (Å²) < 4.78 is 0. The number of unbranched alkanes of at least 4 members (excludes halogenated alkanes) is 2. The fourth-order valence-corrected chi connectivity index (χ4v) is 5.87. The molecule has 3 aromatic rings. The van der Waals surface area contributed by atoms with Crippen molar-refractivity contribution >= 4 is 23.2 Å². The lowest BCUT2D eigenvalue weighted by atomic mass is 9.93. The molecule has 0 spiro atoms. The largest absolute Gasteiger partial charge is 0.330 e. The van der Waals surface area contributed by atoms with Crippen molar-refractivity contribution in [2.45, 2.75) is 71.4 Å². The van der Waals surface area contributed by atoms with Gasteiger partial charge in [0.2, 0.25) is 5.91 Å². The number of hydrogen-bond acceptors (Lipinski definition) is 3. The smallest absolute Gasteiger partial charge is 0.254 e. The van der Waals surface area contributed by atoms with Crippen LogP contribution < -0.4 is 0 Å². The molecular weight excluding hydrogens is 464 g/mol. The molecule has 2 aromatic carbocycles. The van der Waals surface area contributed by atoms with Crippen LogP contribution in [0.2, 0.25) is 0 Å². The monoisotopic (exact) mass is 502 g/mol. The standard InChI is InChI=1S/C31H38N2O2S/c1-5-6-8-11-23-14-16-25(17-15-23)30(35)33(31(2,3)4)22-28(34)32-20-18-27-26(19-21-36-27)29(32)24-12-9-7-10-13-24/h7,9-10,12-17,19,21,29H,5-6,8,11,18,20,22H2,1-4H3. The minimum Gasteiger partial charge on any atom is -0.330 e. The molecule has 5 heteroatoms. The lowest BCUT2D eigenvalue weighted by Gasteiger charge is -2.40. The van der Waals surface area contributed by atoms with Crippen LogP contribution in [0, 0.1) is 0 Å². The lowest BCUT2D eigenvalue weighted by Crippen LogP contribution is -2.52. The highest BCUT2D eigenvalue weighted by atomic mass is 32.1. The normalized spacial score (nSPS) is 15.4. The Morgan fingerprint density at radius 2 is 1.72 bits per heavy atom. The summed E-state index contributed by atoms with van der Waals surface area (Å²) in [6.45, 7) is 8.92. The number of fused-ring (bicyclic) bond motifs is 1. The molecule has 4 nitrogen and oxygen atoms in total. The van der Waals surface area contributed by atoms with Crippen LogP contribution >= 0.6 is 11.3 Å². The first kappa shape index (κ1) is 26.2. The van der Waals surface area contributed by atoms with E-state index >= 15 is 0 Å². The first-order valence-corrected chi connectivity index (χ1v) is 14.0. The van der Waals surface area contributed by atoms with Gasteiger partial charge in [-0.1, -0.05) is 62.2 Å². The summed E-state index contributed by atoms with van der Waals surface area (Å²) in [5.41, 5.74) is 3.72. The third-order valence-electron chi connectivity index (χ3n) is 7.02. The van der Waals surface area contributed by atoms with Gasteiger partial charge in [0.1, 0.15) is 6.54 Å². The molecule has 1 atom stereocenters. The van der Waals surface area contributed by atoms with Crippen LogP contribution in [-0.4, -0.2) is 40.2 Å². The average molecular weight is 503 g/mol. The Labute approximate surface area is 219 Å². The van der Waals surface area contributed by atoms with Gasteiger partial charge >= 0.3 is 0 Å². The topological polar surface area (TPSA) is 40.6 Å². The summed E-state index contributed by atoms with van der Waals surface area (Å²) >= 11 is 1.76. The van der Waals surface area contributed by atoms with Crippen molar-refractivity contribution in [2.75, 3.05) is 13.1 Å². The van der Waals surface area contributed by atoms with Crippen LogP contribution in [0.5, 0.6) is 0 Å². The maximum absolute atomic E-state index is 13.8. The molecule has 1 aliphatic heterocycles. The van der Waals surface area contributed by atoms with E-state index in [1.165, 1.54) is 28.8 Å². The molecule has 0 fully saturated rings. The molecule has 0 saturated carbocycles. The molecule has 0 bridgehead atoms. The Balaban J connectivity index is 1.55. The number of benzene rings is 2. The Hall–Kier alpha value is -2.92. The van der Waals surface area contributed by atoms with Gasteiger partial charge in [-0.05, 0) is 80.3 Å². The van der Waals surface area contributed by atoms with Gasteiger partial charge in [-0.3, -0.25) is 9.59 Å². The van der Waals surface area contributed by atoms with Crippen molar-refractivity contribution in [2.24, 2.45) is 0 Å². The summed E-state index contributed by atoms with van der Waals surface area (Å²) in [5, 5.41) is 2.12. The summed E-state index contributed by atoms with van der Waals surface area (Å²) in [6.07, 6.45) is 5.46. The van der Waals surface area contributed by atoms with E-state index in [-0.39, 0.29) is 24.4 Å². The molecule has 1 aromatic heterocycles. The minimum absolute atomic E-state index is 0.0137. The van der Waals surface area contributed by atoms with Gasteiger partial charge in [-0.2, -0.15) is 0 Å². The van der Waals surface area contributed by atoms with Crippen molar-refractivity contribution in [1.29, 1.82) is 0 Å². The Morgan fingerprint density at radius 3 is 2.39 bits per heavy atom. The minimum atomic E-state index is -0.488. The second kappa shape index (κ2) is 11.4. The van der Waals surface area contributed by atoms with E-state index in [2.05, 4.69) is 42.6 Å². The fourth-order valence-electron chi connectivity index (χ4n) is 4.97. The van der Waals surface area contributed by atoms with E-state index in [9.17, 15) is 9.59 Å². The number of amides is 2. The third-order valence-corrected chi connectivity index (χ3v) is 8.02. The molecule has 2 amide bonds. The highest BCUT2D eigenvalue weighted by Gasteiger charge is 2.36. The molecule has 0 N–H and O–H groups in total. The van der Waals surface area contributed by atoms with Crippen molar-refractivity contribution in [3.8, 4) is 0 Å². The molecular formula is C31H38N2O2S. The molecule has 1 aliphatic rings. The van der Waals surface area contributed by atoms with Gasteiger partial charge in [-0.15, -0.1) is 11.3 Å². The van der Waals surface area contributed by atoms with Gasteiger partial charge < -0.3 is 9.80 Å². The Morgan fingerprint density at radius 1 is 1.00 bits per heavy atom. The summed E-state index contributed by atoms with van der Waals surface area (Å²) in [7, 11) is 0. The van der Waals surface area contributed by atoms with Crippen LogP contribution in [0.3, 0.4) is 0 Å². The zero-order chi connectivity index (χ0) is 25.7. The summed E-state index contributed by atoms with van der Waals surface area (Å²) in [5.74, 6) is -0.111. The molecule has 2 heterocycles. The number of nitrogens with zero attached hydrogens (tertiary/aromatic N) is 2. The number of carbonyl (C=O) groups is 2. The molecule has 0 radical (unpaired) electrons. The maximum atomic E-state index is 13.8. The highest BCUT2D eigenvalue weighted by molar-refractivity contribution is 7.10. The van der Waals surface area contributed by atoms with Crippen LogP contribution in [0.1, 0.15) is 84.9 Å².